The Morgan fingerprint density at radius 3 is 2.97 bits per heavy atom. The van der Waals surface area contributed by atoms with Gasteiger partial charge in [0.25, 0.3) is 0 Å². The van der Waals surface area contributed by atoms with E-state index >= 15 is 0 Å². The first kappa shape index (κ1) is 18.9. The van der Waals surface area contributed by atoms with E-state index in [0.717, 1.165) is 54.7 Å². The number of hydrogen-bond acceptors (Lipinski definition) is 7. The van der Waals surface area contributed by atoms with Gasteiger partial charge >= 0.3 is 0 Å². The molecule has 1 aliphatic heterocycles. The van der Waals surface area contributed by atoms with Crippen molar-refractivity contribution in [3.8, 4) is 11.4 Å². The summed E-state index contributed by atoms with van der Waals surface area (Å²) in [5.74, 6) is 1.86. The molecule has 1 aliphatic carbocycles. The van der Waals surface area contributed by atoms with Crippen LogP contribution in [0.2, 0.25) is 0 Å². The largest absolute Gasteiger partial charge is 0.373 e. The molecule has 1 unspecified atom stereocenters. The summed E-state index contributed by atoms with van der Waals surface area (Å²) >= 11 is 1.86. The topological polar surface area (TPSA) is 54.4 Å². The predicted octanol–water partition coefficient (Wildman–Crippen LogP) is 3.40. The summed E-state index contributed by atoms with van der Waals surface area (Å²) in [5.41, 5.74) is 2.46. The van der Waals surface area contributed by atoms with Crippen molar-refractivity contribution in [1.29, 1.82) is 0 Å². The van der Waals surface area contributed by atoms with Crippen LogP contribution in [0.4, 0.5) is 5.82 Å². The number of rotatable bonds is 4. The predicted molar refractivity (Wildman–Crippen MR) is 118 cm³/mol. The van der Waals surface area contributed by atoms with Crippen molar-refractivity contribution in [3.05, 3.63) is 35.0 Å². The van der Waals surface area contributed by atoms with E-state index in [0.29, 0.717) is 0 Å². The van der Waals surface area contributed by atoms with E-state index in [1.54, 1.807) is 6.20 Å². The van der Waals surface area contributed by atoms with Crippen molar-refractivity contribution >= 4 is 27.4 Å². The van der Waals surface area contributed by atoms with Gasteiger partial charge in [-0.25, -0.2) is 9.97 Å². The minimum Gasteiger partial charge on any atom is -0.373 e. The third-order valence-corrected chi connectivity index (χ3v) is 6.91. The number of anilines is 1. The molecule has 0 spiro atoms. The standard InChI is InChI=1S/C22H27N5OS/c1-26(2)13-16-14-27(10-11-28-16)21-19-17-7-3-4-8-18(17)29-22(19)25-20(24-21)15-6-5-9-23-12-15/h5-6,9,12,16H,3-4,7-8,10-11,13-14H2,1-2H3. The first-order chi connectivity index (χ1) is 14.2. The lowest BCUT2D eigenvalue weighted by Gasteiger charge is -2.35. The Hall–Kier alpha value is -2.09. The number of pyridine rings is 1. The molecule has 1 fully saturated rings. The zero-order valence-electron chi connectivity index (χ0n) is 17.1. The number of likely N-dealkylation sites (N-methyl/N-ethyl adjacent to an activating group) is 1. The van der Waals surface area contributed by atoms with Crippen LogP contribution in [-0.2, 0) is 17.6 Å². The molecule has 1 saturated heterocycles. The molecule has 0 bridgehead atoms. The number of thiophene rings is 1. The summed E-state index contributed by atoms with van der Waals surface area (Å²) in [5, 5.41) is 1.28. The number of aromatic nitrogens is 3. The summed E-state index contributed by atoms with van der Waals surface area (Å²) in [7, 11) is 4.20. The van der Waals surface area contributed by atoms with Gasteiger partial charge in [0, 0.05) is 42.5 Å². The number of fused-ring (bicyclic) bond motifs is 3. The molecular weight excluding hydrogens is 382 g/mol. The minimum absolute atomic E-state index is 0.195. The number of ether oxygens (including phenoxy) is 1. The van der Waals surface area contributed by atoms with Gasteiger partial charge in [0.15, 0.2) is 5.82 Å². The molecule has 2 aliphatic rings. The van der Waals surface area contributed by atoms with Gasteiger partial charge in [-0.15, -0.1) is 11.3 Å². The molecule has 0 saturated carbocycles. The molecule has 0 N–H and O–H groups in total. The van der Waals surface area contributed by atoms with Gasteiger partial charge in [0.2, 0.25) is 0 Å². The summed E-state index contributed by atoms with van der Waals surface area (Å²) in [4.78, 5) is 21.6. The van der Waals surface area contributed by atoms with Gasteiger partial charge < -0.3 is 14.5 Å². The zero-order chi connectivity index (χ0) is 19.8. The Balaban J connectivity index is 1.62. The number of nitrogens with zero attached hydrogens (tertiary/aromatic N) is 5. The molecule has 6 nitrogen and oxygen atoms in total. The van der Waals surface area contributed by atoms with E-state index in [9.17, 15) is 0 Å². The van der Waals surface area contributed by atoms with Crippen LogP contribution in [-0.4, -0.2) is 66.3 Å². The van der Waals surface area contributed by atoms with Gasteiger partial charge in [-0.2, -0.15) is 0 Å². The maximum atomic E-state index is 6.03. The van der Waals surface area contributed by atoms with Crippen molar-refractivity contribution in [2.45, 2.75) is 31.8 Å². The first-order valence-electron chi connectivity index (χ1n) is 10.4. The SMILES string of the molecule is CN(C)CC1CN(c2nc(-c3cccnc3)nc3sc4c(c23)CCCC4)CCO1. The fraction of sp³-hybridized carbons (Fsp3) is 0.500. The maximum Gasteiger partial charge on any atom is 0.164 e. The lowest BCUT2D eigenvalue weighted by atomic mass is 9.96. The van der Waals surface area contributed by atoms with Crippen LogP contribution in [0.15, 0.2) is 24.5 Å². The summed E-state index contributed by atoms with van der Waals surface area (Å²) in [6.45, 7) is 3.38. The quantitative estimate of drug-likeness (QED) is 0.658. The van der Waals surface area contributed by atoms with Crippen LogP contribution in [0.5, 0.6) is 0 Å². The smallest absolute Gasteiger partial charge is 0.164 e. The molecule has 0 amide bonds. The van der Waals surface area contributed by atoms with Gasteiger partial charge in [0.1, 0.15) is 10.6 Å². The highest BCUT2D eigenvalue weighted by atomic mass is 32.1. The highest BCUT2D eigenvalue weighted by molar-refractivity contribution is 7.19. The zero-order valence-corrected chi connectivity index (χ0v) is 17.9. The van der Waals surface area contributed by atoms with Gasteiger partial charge in [0.05, 0.1) is 18.1 Å². The highest BCUT2D eigenvalue weighted by Crippen LogP contribution is 2.41. The first-order valence-corrected chi connectivity index (χ1v) is 11.2. The number of aryl methyl sites for hydroxylation is 2. The fourth-order valence-electron chi connectivity index (χ4n) is 4.42. The van der Waals surface area contributed by atoms with Crippen LogP contribution in [0, 0.1) is 0 Å². The number of hydrogen-bond donors (Lipinski definition) is 0. The lowest BCUT2D eigenvalue weighted by Crippen LogP contribution is -2.47. The molecule has 4 heterocycles. The Kier molecular flexibility index (Phi) is 5.20. The summed E-state index contributed by atoms with van der Waals surface area (Å²) in [6, 6.07) is 3.99. The molecule has 3 aromatic rings. The molecule has 0 aromatic carbocycles. The van der Waals surface area contributed by atoms with Crippen LogP contribution in [0.3, 0.4) is 0 Å². The van der Waals surface area contributed by atoms with Gasteiger partial charge in [-0.3, -0.25) is 4.98 Å². The van der Waals surface area contributed by atoms with E-state index in [1.807, 2.05) is 29.7 Å². The highest BCUT2D eigenvalue weighted by Gasteiger charge is 2.28. The third kappa shape index (κ3) is 3.74. The monoisotopic (exact) mass is 409 g/mol. The van der Waals surface area contributed by atoms with Crippen molar-refractivity contribution in [3.63, 3.8) is 0 Å². The lowest BCUT2D eigenvalue weighted by molar-refractivity contribution is 0.0246. The third-order valence-electron chi connectivity index (χ3n) is 5.72. The maximum absolute atomic E-state index is 6.03. The van der Waals surface area contributed by atoms with E-state index in [4.69, 9.17) is 14.7 Å². The average molecular weight is 410 g/mol. The normalized spacial score (nSPS) is 19.7. The molecule has 0 radical (unpaired) electrons. The number of morpholine rings is 1. The van der Waals surface area contributed by atoms with Gasteiger partial charge in [-0.1, -0.05) is 0 Å². The second kappa shape index (κ2) is 7.97. The van der Waals surface area contributed by atoms with Crippen LogP contribution < -0.4 is 4.90 Å². The molecule has 3 aromatic heterocycles. The van der Waals surface area contributed by atoms with Crippen molar-refractivity contribution in [2.24, 2.45) is 0 Å². The average Bonchev–Trinajstić information content (AvgIpc) is 3.12. The molecule has 7 heteroatoms. The Labute approximate surface area is 175 Å². The Morgan fingerprint density at radius 2 is 2.14 bits per heavy atom. The summed E-state index contributed by atoms with van der Waals surface area (Å²) < 4.78 is 6.03. The van der Waals surface area contributed by atoms with E-state index < -0.39 is 0 Å². The fourth-order valence-corrected chi connectivity index (χ4v) is 5.68. The van der Waals surface area contributed by atoms with E-state index in [1.165, 1.54) is 35.1 Å². The van der Waals surface area contributed by atoms with Crippen LogP contribution in [0.25, 0.3) is 21.6 Å². The van der Waals surface area contributed by atoms with E-state index in [-0.39, 0.29) is 6.10 Å². The van der Waals surface area contributed by atoms with Crippen LogP contribution in [0.1, 0.15) is 23.3 Å². The van der Waals surface area contributed by atoms with E-state index in [2.05, 4.69) is 28.9 Å². The Morgan fingerprint density at radius 1 is 1.24 bits per heavy atom. The molecule has 29 heavy (non-hydrogen) atoms. The molecule has 152 valence electrons. The second-order valence-corrected chi connectivity index (χ2v) is 9.29. The van der Waals surface area contributed by atoms with Gasteiger partial charge in [-0.05, 0) is 57.5 Å². The molecular formula is C22H27N5OS. The summed E-state index contributed by atoms with van der Waals surface area (Å²) in [6.07, 6.45) is 8.69. The minimum atomic E-state index is 0.195. The van der Waals surface area contributed by atoms with Crippen molar-refractivity contribution < 1.29 is 4.74 Å². The second-order valence-electron chi connectivity index (χ2n) is 8.20. The Bertz CT molecular complexity index is 1000. The van der Waals surface area contributed by atoms with Crippen LogP contribution >= 0.6 is 11.3 Å². The van der Waals surface area contributed by atoms with Crippen molar-refractivity contribution in [2.75, 3.05) is 45.2 Å². The molecule has 5 rings (SSSR count). The van der Waals surface area contributed by atoms with Crippen molar-refractivity contribution in [1.82, 2.24) is 19.9 Å². The molecule has 1 atom stereocenters.